The maximum Gasteiger partial charge on any atom is 0.115 e. The number of hydrogen-bond acceptors (Lipinski definition) is 2. The summed E-state index contributed by atoms with van der Waals surface area (Å²) in [6.07, 6.45) is 6.46. The number of benzene rings is 1. The summed E-state index contributed by atoms with van der Waals surface area (Å²) < 4.78 is 0. The summed E-state index contributed by atoms with van der Waals surface area (Å²) in [4.78, 5) is 0. The van der Waals surface area contributed by atoms with Crippen molar-refractivity contribution in [1.29, 1.82) is 0 Å². The maximum absolute atomic E-state index is 9.35. The lowest BCUT2D eigenvalue weighted by Crippen LogP contribution is -2.27. The first-order valence-corrected chi connectivity index (χ1v) is 6.21. The average molecular weight is 219 g/mol. The van der Waals surface area contributed by atoms with Crippen LogP contribution in [0.3, 0.4) is 0 Å². The highest BCUT2D eigenvalue weighted by molar-refractivity contribution is 5.32. The zero-order valence-corrected chi connectivity index (χ0v) is 10.00. The summed E-state index contributed by atoms with van der Waals surface area (Å²) in [5, 5.41) is 12.6. The molecule has 0 unspecified atom stereocenters. The molecule has 0 aromatic heterocycles. The first kappa shape index (κ1) is 11.5. The lowest BCUT2D eigenvalue weighted by Gasteiger charge is -2.29. The van der Waals surface area contributed by atoms with E-state index < -0.39 is 0 Å². The lowest BCUT2D eigenvalue weighted by molar-refractivity contribution is 0.398. The van der Waals surface area contributed by atoms with E-state index in [9.17, 15) is 5.11 Å². The van der Waals surface area contributed by atoms with Crippen LogP contribution in [-0.2, 0) is 5.41 Å². The van der Waals surface area contributed by atoms with Crippen molar-refractivity contribution in [2.45, 2.75) is 37.5 Å². The van der Waals surface area contributed by atoms with Gasteiger partial charge in [0.25, 0.3) is 0 Å². The van der Waals surface area contributed by atoms with Crippen molar-refractivity contribution in [2.75, 3.05) is 13.6 Å². The standard InChI is InChI=1S/C14H21NO/c1-15-11-10-14(8-2-3-9-14)12-4-6-13(16)7-5-12/h4-7,15-16H,2-3,8-11H2,1H3. The average Bonchev–Trinajstić information content (AvgIpc) is 2.77. The zero-order valence-electron chi connectivity index (χ0n) is 10.00. The molecule has 1 aromatic carbocycles. The van der Waals surface area contributed by atoms with E-state index in [1.165, 1.54) is 37.7 Å². The molecule has 1 aliphatic rings. The number of aromatic hydroxyl groups is 1. The van der Waals surface area contributed by atoms with Gasteiger partial charge in [-0.05, 0) is 56.0 Å². The van der Waals surface area contributed by atoms with E-state index in [4.69, 9.17) is 0 Å². The highest BCUT2D eigenvalue weighted by atomic mass is 16.3. The van der Waals surface area contributed by atoms with Crippen LogP contribution >= 0.6 is 0 Å². The third-order valence-corrected chi connectivity index (χ3v) is 3.89. The van der Waals surface area contributed by atoms with Crippen LogP contribution in [0.25, 0.3) is 0 Å². The second-order valence-electron chi connectivity index (χ2n) is 4.89. The highest BCUT2D eigenvalue weighted by Gasteiger charge is 2.34. The van der Waals surface area contributed by atoms with Crippen molar-refractivity contribution < 1.29 is 5.11 Å². The smallest absolute Gasteiger partial charge is 0.115 e. The van der Waals surface area contributed by atoms with Gasteiger partial charge in [-0.25, -0.2) is 0 Å². The molecule has 2 N–H and O–H groups in total. The Hall–Kier alpha value is -1.02. The third-order valence-electron chi connectivity index (χ3n) is 3.89. The van der Waals surface area contributed by atoms with Crippen molar-refractivity contribution >= 4 is 0 Å². The molecule has 0 radical (unpaired) electrons. The van der Waals surface area contributed by atoms with E-state index in [1.54, 1.807) is 0 Å². The van der Waals surface area contributed by atoms with Gasteiger partial charge in [-0.15, -0.1) is 0 Å². The molecule has 0 aliphatic heterocycles. The molecule has 1 saturated carbocycles. The Labute approximate surface area is 97.7 Å². The quantitative estimate of drug-likeness (QED) is 0.816. The summed E-state index contributed by atoms with van der Waals surface area (Å²) in [5.74, 6) is 0.366. The molecule has 1 aromatic rings. The number of phenolic OH excluding ortho intramolecular Hbond substituents is 1. The van der Waals surface area contributed by atoms with Crippen LogP contribution < -0.4 is 5.32 Å². The normalized spacial score (nSPS) is 18.8. The van der Waals surface area contributed by atoms with Crippen LogP contribution in [0.2, 0.25) is 0 Å². The molecule has 0 heterocycles. The fraction of sp³-hybridized carbons (Fsp3) is 0.571. The van der Waals surface area contributed by atoms with Crippen LogP contribution in [0.15, 0.2) is 24.3 Å². The minimum absolute atomic E-state index is 0.358. The fourth-order valence-electron chi connectivity index (χ4n) is 2.91. The topological polar surface area (TPSA) is 32.3 Å². The van der Waals surface area contributed by atoms with Crippen molar-refractivity contribution in [3.05, 3.63) is 29.8 Å². The van der Waals surface area contributed by atoms with Crippen LogP contribution in [0.4, 0.5) is 0 Å². The van der Waals surface area contributed by atoms with Crippen LogP contribution in [0.1, 0.15) is 37.7 Å². The largest absolute Gasteiger partial charge is 0.508 e. The Kier molecular flexibility index (Phi) is 3.49. The van der Waals surface area contributed by atoms with E-state index in [0.29, 0.717) is 11.2 Å². The summed E-state index contributed by atoms with van der Waals surface area (Å²) in [6, 6.07) is 7.82. The fourth-order valence-corrected chi connectivity index (χ4v) is 2.91. The summed E-state index contributed by atoms with van der Waals surface area (Å²) in [5.41, 5.74) is 1.76. The molecule has 2 rings (SSSR count). The summed E-state index contributed by atoms with van der Waals surface area (Å²) >= 11 is 0. The van der Waals surface area contributed by atoms with Gasteiger partial charge in [-0.2, -0.15) is 0 Å². The molecular weight excluding hydrogens is 198 g/mol. The first-order chi connectivity index (χ1) is 7.77. The number of nitrogens with one attached hydrogen (secondary N) is 1. The van der Waals surface area contributed by atoms with E-state index in [1.807, 2.05) is 19.2 Å². The molecule has 0 amide bonds. The SMILES string of the molecule is CNCCC1(c2ccc(O)cc2)CCCC1. The summed E-state index contributed by atoms with van der Waals surface area (Å²) in [7, 11) is 2.01. The monoisotopic (exact) mass is 219 g/mol. The number of hydrogen-bond donors (Lipinski definition) is 2. The van der Waals surface area contributed by atoms with Crippen LogP contribution in [-0.4, -0.2) is 18.7 Å². The highest BCUT2D eigenvalue weighted by Crippen LogP contribution is 2.43. The molecular formula is C14H21NO. The van der Waals surface area contributed by atoms with Crippen molar-refractivity contribution in [3.63, 3.8) is 0 Å². The molecule has 88 valence electrons. The Morgan fingerprint density at radius 3 is 2.38 bits per heavy atom. The van der Waals surface area contributed by atoms with E-state index in [-0.39, 0.29) is 0 Å². The molecule has 2 heteroatoms. The van der Waals surface area contributed by atoms with Gasteiger partial charge >= 0.3 is 0 Å². The van der Waals surface area contributed by atoms with E-state index in [0.717, 1.165) is 6.54 Å². The predicted molar refractivity (Wildman–Crippen MR) is 66.8 cm³/mol. The van der Waals surface area contributed by atoms with Gasteiger partial charge in [-0.1, -0.05) is 25.0 Å². The molecule has 0 atom stereocenters. The molecule has 0 spiro atoms. The van der Waals surface area contributed by atoms with Crippen molar-refractivity contribution in [2.24, 2.45) is 0 Å². The lowest BCUT2D eigenvalue weighted by atomic mass is 9.76. The second kappa shape index (κ2) is 4.88. The Morgan fingerprint density at radius 2 is 1.81 bits per heavy atom. The zero-order chi connectivity index (χ0) is 11.4. The van der Waals surface area contributed by atoms with Crippen LogP contribution in [0, 0.1) is 0 Å². The van der Waals surface area contributed by atoms with Crippen molar-refractivity contribution in [1.82, 2.24) is 5.32 Å². The van der Waals surface area contributed by atoms with Gasteiger partial charge in [0.2, 0.25) is 0 Å². The molecule has 1 fully saturated rings. The van der Waals surface area contributed by atoms with Gasteiger partial charge in [0.1, 0.15) is 5.75 Å². The van der Waals surface area contributed by atoms with Gasteiger partial charge in [0.05, 0.1) is 0 Å². The Balaban J connectivity index is 2.21. The minimum atomic E-state index is 0.358. The Morgan fingerprint density at radius 1 is 1.19 bits per heavy atom. The van der Waals surface area contributed by atoms with E-state index >= 15 is 0 Å². The number of rotatable bonds is 4. The molecule has 0 bridgehead atoms. The Bertz CT molecular complexity index is 325. The minimum Gasteiger partial charge on any atom is -0.508 e. The van der Waals surface area contributed by atoms with E-state index in [2.05, 4.69) is 17.4 Å². The van der Waals surface area contributed by atoms with Gasteiger partial charge in [0, 0.05) is 0 Å². The third kappa shape index (κ3) is 2.22. The van der Waals surface area contributed by atoms with Crippen molar-refractivity contribution in [3.8, 4) is 5.75 Å². The van der Waals surface area contributed by atoms with Crippen LogP contribution in [0.5, 0.6) is 5.75 Å². The first-order valence-electron chi connectivity index (χ1n) is 6.21. The van der Waals surface area contributed by atoms with Gasteiger partial charge in [0.15, 0.2) is 0 Å². The molecule has 0 saturated heterocycles. The molecule has 2 nitrogen and oxygen atoms in total. The second-order valence-corrected chi connectivity index (χ2v) is 4.89. The van der Waals surface area contributed by atoms with Gasteiger partial charge < -0.3 is 10.4 Å². The number of phenols is 1. The maximum atomic E-state index is 9.35. The molecule has 1 aliphatic carbocycles. The predicted octanol–water partition coefficient (Wildman–Crippen LogP) is 2.81. The summed E-state index contributed by atoms with van der Waals surface area (Å²) in [6.45, 7) is 1.07. The van der Waals surface area contributed by atoms with Gasteiger partial charge in [-0.3, -0.25) is 0 Å². The molecule has 16 heavy (non-hydrogen) atoms.